The summed E-state index contributed by atoms with van der Waals surface area (Å²) >= 11 is 0. The van der Waals surface area contributed by atoms with Gasteiger partial charge in [-0.3, -0.25) is 4.68 Å². The van der Waals surface area contributed by atoms with Gasteiger partial charge in [-0.1, -0.05) is 20.8 Å². The van der Waals surface area contributed by atoms with Crippen LogP contribution in [0.25, 0.3) is 0 Å². The van der Waals surface area contributed by atoms with E-state index in [9.17, 15) is 5.11 Å². The van der Waals surface area contributed by atoms with Crippen LogP contribution in [0, 0.1) is 5.41 Å². The minimum absolute atomic E-state index is 0.00436. The minimum atomic E-state index is -0.166. The van der Waals surface area contributed by atoms with Crippen LogP contribution in [0.5, 0.6) is 0 Å². The van der Waals surface area contributed by atoms with Crippen LogP contribution < -0.4 is 5.32 Å². The van der Waals surface area contributed by atoms with Gasteiger partial charge in [-0.05, 0) is 18.9 Å². The fraction of sp³-hybridized carbons (Fsp3) is 0.769. The van der Waals surface area contributed by atoms with Crippen LogP contribution in [-0.2, 0) is 13.1 Å². The first-order valence-electron chi connectivity index (χ1n) is 6.47. The zero-order valence-corrected chi connectivity index (χ0v) is 11.0. The Morgan fingerprint density at radius 2 is 2.35 bits per heavy atom. The van der Waals surface area contributed by atoms with Crippen LogP contribution in [0.15, 0.2) is 12.3 Å². The highest BCUT2D eigenvalue weighted by molar-refractivity contribution is 5.05. The third kappa shape index (κ3) is 2.38. The smallest absolute Gasteiger partial charge is 0.0621 e. The zero-order chi connectivity index (χ0) is 12.5. The molecule has 2 atom stereocenters. The summed E-state index contributed by atoms with van der Waals surface area (Å²) in [6.45, 7) is 8.19. The quantitative estimate of drug-likeness (QED) is 0.817. The van der Waals surface area contributed by atoms with E-state index in [0.717, 1.165) is 25.9 Å². The number of aromatic nitrogens is 2. The molecule has 0 saturated heterocycles. The highest BCUT2D eigenvalue weighted by Crippen LogP contribution is 2.40. The van der Waals surface area contributed by atoms with Gasteiger partial charge in [-0.2, -0.15) is 5.10 Å². The Kier molecular flexibility index (Phi) is 3.54. The zero-order valence-electron chi connectivity index (χ0n) is 11.0. The molecule has 0 aliphatic heterocycles. The van der Waals surface area contributed by atoms with Crippen molar-refractivity contribution in [3.63, 3.8) is 0 Å². The summed E-state index contributed by atoms with van der Waals surface area (Å²) in [4.78, 5) is 0. The number of aliphatic hydroxyl groups is 1. The first kappa shape index (κ1) is 12.6. The molecule has 0 radical (unpaired) electrons. The van der Waals surface area contributed by atoms with E-state index < -0.39 is 0 Å². The minimum Gasteiger partial charge on any atom is -0.392 e. The first-order valence-corrected chi connectivity index (χ1v) is 6.47. The molecule has 1 aliphatic rings. The molecule has 1 heterocycles. The molecule has 0 bridgehead atoms. The first-order chi connectivity index (χ1) is 8.05. The number of hydrogen-bond acceptors (Lipinski definition) is 3. The Bertz CT molecular complexity index is 372. The van der Waals surface area contributed by atoms with Gasteiger partial charge in [-0.25, -0.2) is 0 Å². The summed E-state index contributed by atoms with van der Waals surface area (Å²) in [5.74, 6) is 0. The van der Waals surface area contributed by atoms with E-state index in [0.29, 0.717) is 6.04 Å². The van der Waals surface area contributed by atoms with E-state index in [1.165, 1.54) is 5.69 Å². The predicted molar refractivity (Wildman–Crippen MR) is 67.6 cm³/mol. The average Bonchev–Trinajstić information content (AvgIpc) is 2.72. The van der Waals surface area contributed by atoms with Crippen molar-refractivity contribution < 1.29 is 5.11 Å². The van der Waals surface area contributed by atoms with E-state index in [1.54, 1.807) is 0 Å². The number of hydrogen-bond donors (Lipinski definition) is 2. The number of nitrogens with zero attached hydrogens (tertiary/aromatic N) is 2. The molecular weight excluding hydrogens is 214 g/mol. The van der Waals surface area contributed by atoms with Gasteiger partial charge in [0.25, 0.3) is 0 Å². The molecule has 0 spiro atoms. The van der Waals surface area contributed by atoms with Crippen molar-refractivity contribution in [1.29, 1.82) is 0 Å². The lowest BCUT2D eigenvalue weighted by Crippen LogP contribution is -2.59. The molecule has 1 aromatic heterocycles. The van der Waals surface area contributed by atoms with Gasteiger partial charge in [0, 0.05) is 30.7 Å². The second-order valence-electron chi connectivity index (χ2n) is 5.55. The van der Waals surface area contributed by atoms with Crippen LogP contribution in [0.2, 0.25) is 0 Å². The van der Waals surface area contributed by atoms with Crippen molar-refractivity contribution in [1.82, 2.24) is 15.1 Å². The molecule has 2 rings (SSSR count). The molecule has 4 nitrogen and oxygen atoms in total. The number of aliphatic hydroxyl groups excluding tert-OH is 1. The standard InChI is InChI=1S/C13H23N3O/c1-4-7-16-10(5-6-15-16)9-14-11-8-12(17)13(11,2)3/h5-6,11-12,14,17H,4,7-9H2,1-3H3. The summed E-state index contributed by atoms with van der Waals surface area (Å²) in [6.07, 6.45) is 3.64. The van der Waals surface area contributed by atoms with E-state index in [4.69, 9.17) is 0 Å². The van der Waals surface area contributed by atoms with Gasteiger partial charge in [0.15, 0.2) is 0 Å². The van der Waals surface area contributed by atoms with Gasteiger partial charge in [0.05, 0.1) is 11.8 Å². The topological polar surface area (TPSA) is 50.1 Å². The highest BCUT2D eigenvalue weighted by Gasteiger charge is 2.46. The Morgan fingerprint density at radius 1 is 1.59 bits per heavy atom. The Labute approximate surface area is 103 Å². The third-order valence-electron chi connectivity index (χ3n) is 3.99. The second-order valence-corrected chi connectivity index (χ2v) is 5.55. The SMILES string of the molecule is CCCn1nccc1CNC1CC(O)C1(C)C. The molecule has 0 aromatic carbocycles. The van der Waals surface area contributed by atoms with Crippen molar-refractivity contribution in [2.75, 3.05) is 0 Å². The molecule has 4 heteroatoms. The van der Waals surface area contributed by atoms with Crippen LogP contribution in [0.1, 0.15) is 39.3 Å². The van der Waals surface area contributed by atoms with Crippen molar-refractivity contribution in [3.05, 3.63) is 18.0 Å². The molecule has 96 valence electrons. The van der Waals surface area contributed by atoms with E-state index >= 15 is 0 Å². The maximum absolute atomic E-state index is 9.68. The van der Waals surface area contributed by atoms with Crippen molar-refractivity contribution in [2.45, 2.75) is 58.8 Å². The van der Waals surface area contributed by atoms with Gasteiger partial charge in [0.2, 0.25) is 0 Å². The maximum atomic E-state index is 9.68. The third-order valence-corrected chi connectivity index (χ3v) is 3.99. The fourth-order valence-electron chi connectivity index (χ4n) is 2.40. The summed E-state index contributed by atoms with van der Waals surface area (Å²) in [5, 5.41) is 17.5. The molecule has 1 saturated carbocycles. The molecule has 1 aliphatic carbocycles. The van der Waals surface area contributed by atoms with E-state index in [2.05, 4.69) is 41.9 Å². The van der Waals surface area contributed by atoms with Crippen molar-refractivity contribution >= 4 is 0 Å². The summed E-state index contributed by atoms with van der Waals surface area (Å²) in [5.41, 5.74) is 1.22. The normalized spacial score (nSPS) is 26.8. The van der Waals surface area contributed by atoms with Gasteiger partial charge >= 0.3 is 0 Å². The van der Waals surface area contributed by atoms with Crippen LogP contribution in [0.4, 0.5) is 0 Å². The molecule has 2 unspecified atom stereocenters. The lowest BCUT2D eigenvalue weighted by atomic mass is 9.64. The van der Waals surface area contributed by atoms with E-state index in [1.807, 2.05) is 6.20 Å². The molecule has 1 aromatic rings. The number of aryl methyl sites for hydroxylation is 1. The molecule has 17 heavy (non-hydrogen) atoms. The summed E-state index contributed by atoms with van der Waals surface area (Å²) in [7, 11) is 0. The molecular formula is C13H23N3O. The van der Waals surface area contributed by atoms with E-state index in [-0.39, 0.29) is 11.5 Å². The second kappa shape index (κ2) is 4.78. The Morgan fingerprint density at radius 3 is 2.94 bits per heavy atom. The maximum Gasteiger partial charge on any atom is 0.0621 e. The average molecular weight is 237 g/mol. The lowest BCUT2D eigenvalue weighted by molar-refractivity contribution is -0.0731. The van der Waals surface area contributed by atoms with Gasteiger partial charge in [0.1, 0.15) is 0 Å². The predicted octanol–water partition coefficient (Wildman–Crippen LogP) is 1.54. The fourth-order valence-corrected chi connectivity index (χ4v) is 2.40. The summed E-state index contributed by atoms with van der Waals surface area (Å²) in [6, 6.07) is 2.47. The number of nitrogens with one attached hydrogen (secondary N) is 1. The van der Waals surface area contributed by atoms with Gasteiger partial charge < -0.3 is 10.4 Å². The molecule has 1 fully saturated rings. The monoisotopic (exact) mass is 237 g/mol. The summed E-state index contributed by atoms with van der Waals surface area (Å²) < 4.78 is 2.05. The lowest BCUT2D eigenvalue weighted by Gasteiger charge is -2.49. The highest BCUT2D eigenvalue weighted by atomic mass is 16.3. The van der Waals surface area contributed by atoms with Crippen molar-refractivity contribution in [3.8, 4) is 0 Å². The largest absolute Gasteiger partial charge is 0.392 e. The van der Waals surface area contributed by atoms with Crippen LogP contribution in [-0.4, -0.2) is 27.0 Å². The molecule has 0 amide bonds. The Balaban J connectivity index is 1.88. The van der Waals surface area contributed by atoms with Gasteiger partial charge in [-0.15, -0.1) is 0 Å². The number of rotatable bonds is 5. The van der Waals surface area contributed by atoms with Crippen molar-refractivity contribution in [2.24, 2.45) is 5.41 Å². The van der Waals surface area contributed by atoms with Crippen LogP contribution >= 0.6 is 0 Å². The Hall–Kier alpha value is -0.870. The molecule has 2 N–H and O–H groups in total. The van der Waals surface area contributed by atoms with Crippen LogP contribution in [0.3, 0.4) is 0 Å².